The van der Waals surface area contributed by atoms with Gasteiger partial charge in [-0.05, 0) is 49.1 Å². The fraction of sp³-hybridized carbons (Fsp3) is 0.350. The number of rotatable bonds is 6. The first-order valence-electron chi connectivity index (χ1n) is 9.01. The summed E-state index contributed by atoms with van der Waals surface area (Å²) >= 11 is 0. The molecule has 1 heterocycles. The molecule has 150 valence electrons. The summed E-state index contributed by atoms with van der Waals surface area (Å²) in [5.41, 5.74) is 1.34. The number of aryl methyl sites for hydroxylation is 1. The van der Waals surface area contributed by atoms with Crippen LogP contribution in [0.15, 0.2) is 47.4 Å². The van der Waals surface area contributed by atoms with E-state index >= 15 is 0 Å². The van der Waals surface area contributed by atoms with Crippen molar-refractivity contribution in [1.29, 1.82) is 0 Å². The zero-order valence-corrected chi connectivity index (χ0v) is 16.6. The third-order valence-electron chi connectivity index (χ3n) is 4.87. The summed E-state index contributed by atoms with van der Waals surface area (Å²) in [5, 5.41) is 2.76. The Morgan fingerprint density at radius 1 is 1.25 bits per heavy atom. The second-order valence-corrected chi connectivity index (χ2v) is 8.61. The Labute approximate surface area is 164 Å². The monoisotopic (exact) mass is 406 g/mol. The van der Waals surface area contributed by atoms with Gasteiger partial charge in [-0.25, -0.2) is 12.8 Å². The Kier molecular flexibility index (Phi) is 6.00. The van der Waals surface area contributed by atoms with E-state index in [1.807, 2.05) is 0 Å². The molecule has 1 aliphatic rings. The third kappa shape index (κ3) is 4.18. The van der Waals surface area contributed by atoms with Crippen molar-refractivity contribution >= 4 is 15.9 Å². The Hall–Kier alpha value is -2.45. The van der Waals surface area contributed by atoms with Crippen molar-refractivity contribution in [3.8, 4) is 5.75 Å². The van der Waals surface area contributed by atoms with Crippen molar-refractivity contribution in [2.45, 2.75) is 37.2 Å². The van der Waals surface area contributed by atoms with Gasteiger partial charge in [-0.3, -0.25) is 4.79 Å². The Bertz CT molecular complexity index is 961. The first-order chi connectivity index (χ1) is 13.3. The van der Waals surface area contributed by atoms with Gasteiger partial charge in [0.1, 0.15) is 17.6 Å². The summed E-state index contributed by atoms with van der Waals surface area (Å²) in [6, 6.07) is 9.90. The first-order valence-corrected chi connectivity index (χ1v) is 10.5. The van der Waals surface area contributed by atoms with E-state index in [0.717, 1.165) is 5.56 Å². The van der Waals surface area contributed by atoms with E-state index < -0.39 is 16.1 Å². The van der Waals surface area contributed by atoms with Gasteiger partial charge in [0.2, 0.25) is 15.9 Å². The van der Waals surface area contributed by atoms with Crippen LogP contribution in [0, 0.1) is 12.7 Å². The third-order valence-corrected chi connectivity index (χ3v) is 6.92. The number of hydrogen-bond donors (Lipinski definition) is 1. The van der Waals surface area contributed by atoms with Gasteiger partial charge in [-0.15, -0.1) is 0 Å². The molecule has 3 rings (SSSR count). The number of nitrogens with zero attached hydrogens (tertiary/aromatic N) is 1. The highest BCUT2D eigenvalue weighted by atomic mass is 32.2. The average molecular weight is 406 g/mol. The Morgan fingerprint density at radius 2 is 1.96 bits per heavy atom. The lowest BCUT2D eigenvalue weighted by Gasteiger charge is -2.24. The minimum Gasteiger partial charge on any atom is -0.497 e. The van der Waals surface area contributed by atoms with Crippen LogP contribution >= 0.6 is 0 Å². The van der Waals surface area contributed by atoms with Crippen LogP contribution in [0.2, 0.25) is 0 Å². The number of amides is 1. The molecule has 0 saturated carbocycles. The number of carbonyl (C=O) groups excluding carboxylic acids is 1. The van der Waals surface area contributed by atoms with Crippen molar-refractivity contribution in [1.82, 2.24) is 9.62 Å². The van der Waals surface area contributed by atoms with Gasteiger partial charge in [0.15, 0.2) is 0 Å². The van der Waals surface area contributed by atoms with Gasteiger partial charge in [0.05, 0.1) is 12.0 Å². The summed E-state index contributed by atoms with van der Waals surface area (Å²) in [4.78, 5) is 12.8. The predicted molar refractivity (Wildman–Crippen MR) is 103 cm³/mol. The van der Waals surface area contributed by atoms with Crippen molar-refractivity contribution < 1.29 is 22.3 Å². The van der Waals surface area contributed by atoms with E-state index in [0.29, 0.717) is 24.2 Å². The maximum atomic E-state index is 13.2. The lowest BCUT2D eigenvalue weighted by Crippen LogP contribution is -2.45. The van der Waals surface area contributed by atoms with Crippen LogP contribution in [0.4, 0.5) is 4.39 Å². The van der Waals surface area contributed by atoms with E-state index in [1.54, 1.807) is 31.2 Å². The molecule has 2 aromatic rings. The van der Waals surface area contributed by atoms with Crippen molar-refractivity contribution in [2.24, 2.45) is 0 Å². The number of carbonyl (C=O) groups is 1. The van der Waals surface area contributed by atoms with Crippen LogP contribution in [0.25, 0.3) is 0 Å². The van der Waals surface area contributed by atoms with Gasteiger partial charge < -0.3 is 10.1 Å². The van der Waals surface area contributed by atoms with E-state index in [1.165, 1.54) is 29.6 Å². The van der Waals surface area contributed by atoms with Crippen molar-refractivity contribution in [3.63, 3.8) is 0 Å². The highest BCUT2D eigenvalue weighted by Crippen LogP contribution is 2.30. The maximum absolute atomic E-state index is 13.2. The topological polar surface area (TPSA) is 75.7 Å². The molecule has 0 bridgehead atoms. The number of nitrogens with one attached hydrogen (secondary N) is 1. The Balaban J connectivity index is 1.77. The van der Waals surface area contributed by atoms with Gasteiger partial charge >= 0.3 is 0 Å². The summed E-state index contributed by atoms with van der Waals surface area (Å²) in [6.07, 6.45) is 1.06. The molecule has 1 fully saturated rings. The van der Waals surface area contributed by atoms with E-state index in [4.69, 9.17) is 4.74 Å². The largest absolute Gasteiger partial charge is 0.497 e. The molecule has 1 amide bonds. The summed E-state index contributed by atoms with van der Waals surface area (Å²) < 4.78 is 45.8. The number of sulfonamides is 1. The molecule has 1 saturated heterocycles. The van der Waals surface area contributed by atoms with Crippen LogP contribution < -0.4 is 10.1 Å². The van der Waals surface area contributed by atoms with E-state index in [9.17, 15) is 17.6 Å². The zero-order chi connectivity index (χ0) is 20.3. The SMILES string of the molecule is COc1ccc(C)c(S(=O)(=O)N2CCCC2C(=O)NCc2ccc(F)cc2)c1. The summed E-state index contributed by atoms with van der Waals surface area (Å²) in [7, 11) is -2.37. The molecule has 1 aliphatic heterocycles. The quantitative estimate of drug-likeness (QED) is 0.800. The number of hydrogen-bond acceptors (Lipinski definition) is 4. The van der Waals surface area contributed by atoms with Crippen LogP contribution in [-0.2, 0) is 21.4 Å². The molecular formula is C20H23FN2O4S. The van der Waals surface area contributed by atoms with E-state index in [-0.39, 0.29) is 29.7 Å². The molecule has 0 spiro atoms. The summed E-state index contributed by atoms with van der Waals surface area (Å²) in [6.45, 7) is 2.21. The van der Waals surface area contributed by atoms with Gasteiger partial charge in [0, 0.05) is 19.2 Å². The molecule has 1 N–H and O–H groups in total. The summed E-state index contributed by atoms with van der Waals surface area (Å²) in [5.74, 6) is -0.261. The molecule has 0 aromatic heterocycles. The normalized spacial score (nSPS) is 17.5. The van der Waals surface area contributed by atoms with Crippen molar-refractivity contribution in [3.05, 3.63) is 59.4 Å². The lowest BCUT2D eigenvalue weighted by molar-refractivity contribution is -0.124. The minimum atomic E-state index is -3.84. The second-order valence-electron chi connectivity index (χ2n) is 6.75. The van der Waals surface area contributed by atoms with Crippen LogP contribution in [-0.4, -0.2) is 38.3 Å². The molecule has 28 heavy (non-hydrogen) atoms. The molecule has 8 heteroatoms. The van der Waals surface area contributed by atoms with E-state index in [2.05, 4.69) is 5.32 Å². The average Bonchev–Trinajstić information content (AvgIpc) is 3.18. The number of ether oxygens (including phenoxy) is 1. The van der Waals surface area contributed by atoms with Crippen LogP contribution in [0.5, 0.6) is 5.75 Å². The molecule has 2 aromatic carbocycles. The second kappa shape index (κ2) is 8.28. The lowest BCUT2D eigenvalue weighted by atomic mass is 10.2. The zero-order valence-electron chi connectivity index (χ0n) is 15.8. The number of methoxy groups -OCH3 is 1. The van der Waals surface area contributed by atoms with Crippen molar-refractivity contribution in [2.75, 3.05) is 13.7 Å². The minimum absolute atomic E-state index is 0.144. The highest BCUT2D eigenvalue weighted by Gasteiger charge is 2.40. The molecule has 1 unspecified atom stereocenters. The van der Waals surface area contributed by atoms with Crippen LogP contribution in [0.3, 0.4) is 0 Å². The van der Waals surface area contributed by atoms with Gasteiger partial charge in [0.25, 0.3) is 0 Å². The molecule has 0 radical (unpaired) electrons. The van der Waals surface area contributed by atoms with Gasteiger partial charge in [-0.1, -0.05) is 18.2 Å². The molecular weight excluding hydrogens is 383 g/mol. The van der Waals surface area contributed by atoms with Gasteiger partial charge in [-0.2, -0.15) is 4.31 Å². The molecule has 0 aliphatic carbocycles. The molecule has 1 atom stereocenters. The maximum Gasteiger partial charge on any atom is 0.244 e. The first kappa shape index (κ1) is 20.3. The fourth-order valence-electron chi connectivity index (χ4n) is 3.31. The smallest absolute Gasteiger partial charge is 0.244 e. The van der Waals surface area contributed by atoms with Crippen LogP contribution in [0.1, 0.15) is 24.0 Å². The molecule has 6 nitrogen and oxygen atoms in total. The number of benzene rings is 2. The number of halogens is 1. The highest BCUT2D eigenvalue weighted by molar-refractivity contribution is 7.89. The standard InChI is InChI=1S/C20H23FN2O4S/c1-14-5-10-17(27-2)12-19(14)28(25,26)23-11-3-4-18(23)20(24)22-13-15-6-8-16(21)9-7-15/h5-10,12,18H,3-4,11,13H2,1-2H3,(H,22,24). The predicted octanol–water partition coefficient (Wildman–Crippen LogP) is 2.61. The Morgan fingerprint density at radius 3 is 2.64 bits per heavy atom. The fourth-order valence-corrected chi connectivity index (χ4v) is 5.21.